The molecule has 1 saturated carbocycles. The van der Waals surface area contributed by atoms with Crippen LogP contribution in [0.4, 0.5) is 0 Å². The summed E-state index contributed by atoms with van der Waals surface area (Å²) in [5.74, 6) is 1.89. The van der Waals surface area contributed by atoms with Crippen molar-refractivity contribution in [1.29, 1.82) is 0 Å². The third kappa shape index (κ3) is 5.21. The summed E-state index contributed by atoms with van der Waals surface area (Å²) in [4.78, 5) is 2.55. The number of thiol groups is 1. The first-order valence-corrected chi connectivity index (χ1v) is 8.04. The summed E-state index contributed by atoms with van der Waals surface area (Å²) < 4.78 is 0. The van der Waals surface area contributed by atoms with Gasteiger partial charge in [0.1, 0.15) is 0 Å². The zero-order chi connectivity index (χ0) is 12.7. The van der Waals surface area contributed by atoms with Crippen molar-refractivity contribution in [2.45, 2.75) is 58.8 Å². The van der Waals surface area contributed by atoms with E-state index in [2.05, 4.69) is 38.4 Å². The van der Waals surface area contributed by atoms with Crippen LogP contribution in [0, 0.1) is 11.3 Å². The predicted molar refractivity (Wildman–Crippen MR) is 80.9 cm³/mol. The molecule has 2 heteroatoms. The van der Waals surface area contributed by atoms with Gasteiger partial charge in [-0.15, -0.1) is 0 Å². The van der Waals surface area contributed by atoms with Crippen molar-refractivity contribution >= 4 is 12.6 Å². The Labute approximate surface area is 114 Å². The predicted octanol–water partition coefficient (Wildman–Crippen LogP) is 4.23. The molecule has 0 saturated heterocycles. The van der Waals surface area contributed by atoms with Crippen LogP contribution in [-0.4, -0.2) is 30.8 Å². The van der Waals surface area contributed by atoms with Gasteiger partial charge in [0.25, 0.3) is 0 Å². The van der Waals surface area contributed by atoms with Crippen LogP contribution in [0.25, 0.3) is 0 Å². The second-order valence-electron chi connectivity index (χ2n) is 6.28. The molecule has 102 valence electrons. The second-order valence-corrected chi connectivity index (χ2v) is 6.60. The monoisotopic (exact) mass is 257 g/mol. The van der Waals surface area contributed by atoms with Crippen LogP contribution >= 0.6 is 12.6 Å². The van der Waals surface area contributed by atoms with Gasteiger partial charge in [-0.25, -0.2) is 0 Å². The number of nitrogens with zero attached hydrogens (tertiary/aromatic N) is 1. The zero-order valence-electron chi connectivity index (χ0n) is 12.0. The minimum atomic E-state index is 0.502. The van der Waals surface area contributed by atoms with E-state index in [1.807, 2.05) is 0 Å². The first-order valence-electron chi connectivity index (χ1n) is 7.41. The molecular weight excluding hydrogens is 226 g/mol. The molecule has 0 bridgehead atoms. The molecule has 1 atom stereocenters. The van der Waals surface area contributed by atoms with Gasteiger partial charge >= 0.3 is 0 Å². The summed E-state index contributed by atoms with van der Waals surface area (Å²) in [6.07, 6.45) is 9.77. The standard InChI is InChI=1S/C15H31NS/c1-4-14(2)11-16(3)12-15(13-17)9-7-5-6-8-10-15/h14,17H,4-13H2,1-3H3. The van der Waals surface area contributed by atoms with E-state index in [0.717, 1.165) is 11.7 Å². The SMILES string of the molecule is CCC(C)CN(C)CC1(CS)CCCCCC1. The van der Waals surface area contributed by atoms with Gasteiger partial charge in [-0.05, 0) is 37.0 Å². The minimum absolute atomic E-state index is 0.502. The van der Waals surface area contributed by atoms with E-state index in [4.69, 9.17) is 0 Å². The topological polar surface area (TPSA) is 3.24 Å². The maximum absolute atomic E-state index is 4.66. The fourth-order valence-corrected chi connectivity index (χ4v) is 3.56. The second kappa shape index (κ2) is 7.68. The van der Waals surface area contributed by atoms with Gasteiger partial charge in [-0.2, -0.15) is 12.6 Å². The summed E-state index contributed by atoms with van der Waals surface area (Å²) in [5.41, 5.74) is 0.502. The van der Waals surface area contributed by atoms with Crippen molar-refractivity contribution in [1.82, 2.24) is 4.90 Å². The molecule has 1 unspecified atom stereocenters. The Morgan fingerprint density at radius 3 is 2.24 bits per heavy atom. The van der Waals surface area contributed by atoms with Crippen molar-refractivity contribution in [3.05, 3.63) is 0 Å². The van der Waals surface area contributed by atoms with Crippen molar-refractivity contribution in [3.63, 3.8) is 0 Å². The smallest absolute Gasteiger partial charge is 0.00429 e. The first kappa shape index (κ1) is 15.4. The molecule has 1 aliphatic rings. The van der Waals surface area contributed by atoms with Crippen LogP contribution < -0.4 is 0 Å². The summed E-state index contributed by atoms with van der Waals surface area (Å²) >= 11 is 4.66. The molecule has 0 spiro atoms. The lowest BCUT2D eigenvalue weighted by atomic mass is 9.81. The van der Waals surface area contributed by atoms with E-state index < -0.39 is 0 Å². The fraction of sp³-hybridized carbons (Fsp3) is 1.00. The summed E-state index contributed by atoms with van der Waals surface area (Å²) in [6, 6.07) is 0. The molecule has 0 aromatic rings. The molecule has 0 radical (unpaired) electrons. The molecule has 0 aliphatic heterocycles. The van der Waals surface area contributed by atoms with Crippen LogP contribution in [0.1, 0.15) is 58.8 Å². The van der Waals surface area contributed by atoms with E-state index in [9.17, 15) is 0 Å². The number of hydrogen-bond acceptors (Lipinski definition) is 2. The Morgan fingerprint density at radius 2 is 1.76 bits per heavy atom. The number of rotatable bonds is 6. The average molecular weight is 257 g/mol. The van der Waals surface area contributed by atoms with E-state index in [0.29, 0.717) is 5.41 Å². The molecule has 0 N–H and O–H groups in total. The Morgan fingerprint density at radius 1 is 1.18 bits per heavy atom. The van der Waals surface area contributed by atoms with Gasteiger partial charge in [0, 0.05) is 13.1 Å². The van der Waals surface area contributed by atoms with Crippen molar-refractivity contribution < 1.29 is 0 Å². The largest absolute Gasteiger partial charge is 0.306 e. The lowest BCUT2D eigenvalue weighted by Crippen LogP contribution is -2.38. The van der Waals surface area contributed by atoms with Gasteiger partial charge in [-0.3, -0.25) is 0 Å². The lowest BCUT2D eigenvalue weighted by Gasteiger charge is -2.36. The Hall–Kier alpha value is 0.310. The summed E-state index contributed by atoms with van der Waals surface area (Å²) in [6.45, 7) is 7.14. The quantitative estimate of drug-likeness (QED) is 0.550. The Bertz CT molecular complexity index is 197. The van der Waals surface area contributed by atoms with Crippen LogP contribution in [-0.2, 0) is 0 Å². The zero-order valence-corrected chi connectivity index (χ0v) is 12.9. The van der Waals surface area contributed by atoms with Crippen LogP contribution in [0.3, 0.4) is 0 Å². The lowest BCUT2D eigenvalue weighted by molar-refractivity contribution is 0.160. The Kier molecular flexibility index (Phi) is 6.94. The van der Waals surface area contributed by atoms with Crippen molar-refractivity contribution in [2.75, 3.05) is 25.9 Å². The maximum atomic E-state index is 4.66. The molecule has 1 nitrogen and oxygen atoms in total. The maximum Gasteiger partial charge on any atom is 0.00429 e. The molecular formula is C15H31NS. The van der Waals surface area contributed by atoms with Gasteiger partial charge in [0.15, 0.2) is 0 Å². The number of hydrogen-bond donors (Lipinski definition) is 1. The van der Waals surface area contributed by atoms with Crippen molar-refractivity contribution in [3.8, 4) is 0 Å². The highest BCUT2D eigenvalue weighted by Crippen LogP contribution is 2.36. The molecule has 17 heavy (non-hydrogen) atoms. The molecule has 0 amide bonds. The van der Waals surface area contributed by atoms with Crippen LogP contribution in [0.5, 0.6) is 0 Å². The van der Waals surface area contributed by atoms with Crippen LogP contribution in [0.2, 0.25) is 0 Å². The van der Waals surface area contributed by atoms with Gasteiger partial charge in [0.2, 0.25) is 0 Å². The molecule has 0 aromatic heterocycles. The highest BCUT2D eigenvalue weighted by atomic mass is 32.1. The molecule has 1 rings (SSSR count). The van der Waals surface area contributed by atoms with Crippen LogP contribution in [0.15, 0.2) is 0 Å². The normalized spacial score (nSPS) is 22.4. The highest BCUT2D eigenvalue weighted by molar-refractivity contribution is 7.80. The highest BCUT2D eigenvalue weighted by Gasteiger charge is 2.30. The third-order valence-corrected chi connectivity index (χ3v) is 5.10. The van der Waals surface area contributed by atoms with E-state index in [1.165, 1.54) is 58.0 Å². The first-order chi connectivity index (χ1) is 8.12. The van der Waals surface area contributed by atoms with Gasteiger partial charge in [-0.1, -0.05) is 46.0 Å². The Balaban J connectivity index is 2.48. The molecule has 0 heterocycles. The fourth-order valence-electron chi connectivity index (χ4n) is 3.14. The summed E-state index contributed by atoms with van der Waals surface area (Å²) in [5, 5.41) is 0. The van der Waals surface area contributed by atoms with E-state index in [-0.39, 0.29) is 0 Å². The van der Waals surface area contributed by atoms with Crippen molar-refractivity contribution in [2.24, 2.45) is 11.3 Å². The molecule has 1 aliphatic carbocycles. The summed E-state index contributed by atoms with van der Waals surface area (Å²) in [7, 11) is 2.29. The minimum Gasteiger partial charge on any atom is -0.306 e. The average Bonchev–Trinajstić information content (AvgIpc) is 2.55. The van der Waals surface area contributed by atoms with Gasteiger partial charge in [0.05, 0.1) is 0 Å². The molecule has 1 fully saturated rings. The van der Waals surface area contributed by atoms with Gasteiger partial charge < -0.3 is 4.90 Å². The molecule has 0 aromatic carbocycles. The third-order valence-electron chi connectivity index (χ3n) is 4.43. The van der Waals surface area contributed by atoms with E-state index in [1.54, 1.807) is 0 Å². The van der Waals surface area contributed by atoms with E-state index >= 15 is 0 Å².